The quantitative estimate of drug-likeness (QED) is 0.459. The lowest BCUT2D eigenvalue weighted by Crippen LogP contribution is -1.76. The summed E-state index contributed by atoms with van der Waals surface area (Å²) < 4.78 is 0. The first-order chi connectivity index (χ1) is 6.95. The summed E-state index contributed by atoms with van der Waals surface area (Å²) in [6.07, 6.45) is 0. The topological polar surface area (TPSA) is 0 Å². The van der Waals surface area contributed by atoms with Crippen molar-refractivity contribution in [3.63, 3.8) is 0 Å². The maximum absolute atomic E-state index is 3.17. The lowest BCUT2D eigenvalue weighted by molar-refractivity contribution is 1.74. The zero-order chi connectivity index (χ0) is 9.38. The largest absolute Gasteiger partial charge is 0.0616 e. The fourth-order valence-electron chi connectivity index (χ4n) is 1.81. The zero-order valence-electron chi connectivity index (χ0n) is 7.62. The maximum atomic E-state index is 3.17. The Kier molecular flexibility index (Phi) is 1.54. The molecule has 0 heteroatoms. The van der Waals surface area contributed by atoms with Gasteiger partial charge in [0.05, 0.1) is 0 Å². The average molecular weight is 176 g/mol. The Labute approximate surface area is 82.8 Å². The van der Waals surface area contributed by atoms with E-state index in [2.05, 4.69) is 54.6 Å². The number of fused-ring (bicyclic) bond motifs is 3. The molecule has 64 valence electrons. The first kappa shape index (κ1) is 7.57. The molecule has 0 bridgehead atoms. The minimum absolute atomic E-state index is 1.16. The van der Waals surface area contributed by atoms with Gasteiger partial charge in [-0.3, -0.25) is 0 Å². The Morgan fingerprint density at radius 1 is 0.786 bits per heavy atom. The molecule has 2 radical (unpaired) electrons. The van der Waals surface area contributed by atoms with Crippen LogP contribution in [0, 0.1) is 12.1 Å². The van der Waals surface area contributed by atoms with Gasteiger partial charge in [0.1, 0.15) is 0 Å². The highest BCUT2D eigenvalue weighted by Crippen LogP contribution is 2.23. The Morgan fingerprint density at radius 3 is 2.64 bits per heavy atom. The number of hydrogen-bond donors (Lipinski definition) is 0. The summed E-state index contributed by atoms with van der Waals surface area (Å²) in [7, 11) is 0. The van der Waals surface area contributed by atoms with Crippen LogP contribution in [0.25, 0.3) is 21.5 Å². The van der Waals surface area contributed by atoms with Crippen molar-refractivity contribution in [3.05, 3.63) is 60.7 Å². The van der Waals surface area contributed by atoms with Crippen molar-refractivity contribution in [2.24, 2.45) is 0 Å². The van der Waals surface area contributed by atoms with Gasteiger partial charge in [-0.1, -0.05) is 48.5 Å². The first-order valence-corrected chi connectivity index (χ1v) is 4.65. The van der Waals surface area contributed by atoms with Gasteiger partial charge in [-0.2, -0.15) is 0 Å². The molecule has 0 spiro atoms. The zero-order valence-corrected chi connectivity index (χ0v) is 7.62. The molecule has 0 unspecified atom stereocenters. The minimum atomic E-state index is 1.16. The number of rotatable bonds is 0. The third-order valence-electron chi connectivity index (χ3n) is 2.50. The number of hydrogen-bond acceptors (Lipinski definition) is 0. The van der Waals surface area contributed by atoms with Gasteiger partial charge in [0.2, 0.25) is 0 Å². The molecule has 0 heterocycles. The molecular weight excluding hydrogens is 168 g/mol. The maximum Gasteiger partial charge on any atom is -0.000763 e. The normalized spacial score (nSPS) is 10.9. The van der Waals surface area contributed by atoms with Crippen molar-refractivity contribution >= 4 is 21.5 Å². The van der Waals surface area contributed by atoms with Gasteiger partial charge in [-0.05, 0) is 33.7 Å². The fourth-order valence-corrected chi connectivity index (χ4v) is 1.81. The average Bonchev–Trinajstić information content (AvgIpc) is 2.29. The molecule has 0 atom stereocenters. The van der Waals surface area contributed by atoms with E-state index < -0.39 is 0 Å². The number of benzene rings is 3. The van der Waals surface area contributed by atoms with Gasteiger partial charge < -0.3 is 0 Å². The van der Waals surface area contributed by atoms with Gasteiger partial charge in [0, 0.05) is 0 Å². The molecule has 0 fully saturated rings. The Morgan fingerprint density at radius 2 is 1.64 bits per heavy atom. The summed E-state index contributed by atoms with van der Waals surface area (Å²) in [6.45, 7) is 0. The van der Waals surface area contributed by atoms with Gasteiger partial charge in [0.25, 0.3) is 0 Å². The van der Waals surface area contributed by atoms with Crippen LogP contribution in [0.3, 0.4) is 0 Å². The molecule has 3 aromatic rings. The highest BCUT2D eigenvalue weighted by molar-refractivity contribution is 6.06. The third-order valence-corrected chi connectivity index (χ3v) is 2.50. The minimum Gasteiger partial charge on any atom is -0.0616 e. The second kappa shape index (κ2) is 2.85. The van der Waals surface area contributed by atoms with Crippen molar-refractivity contribution in [2.75, 3.05) is 0 Å². The molecule has 3 aromatic carbocycles. The molecule has 14 heavy (non-hydrogen) atoms. The second-order valence-electron chi connectivity index (χ2n) is 3.35. The predicted octanol–water partition coefficient (Wildman–Crippen LogP) is 3.59. The molecule has 0 aromatic heterocycles. The highest BCUT2D eigenvalue weighted by Gasteiger charge is 1.97. The van der Waals surface area contributed by atoms with Crippen molar-refractivity contribution in [1.82, 2.24) is 0 Å². The third kappa shape index (κ3) is 1.01. The summed E-state index contributed by atoms with van der Waals surface area (Å²) in [5, 5.41) is 4.89. The summed E-state index contributed by atoms with van der Waals surface area (Å²) >= 11 is 0. The van der Waals surface area contributed by atoms with Crippen LogP contribution in [-0.2, 0) is 0 Å². The first-order valence-electron chi connectivity index (χ1n) is 4.65. The van der Waals surface area contributed by atoms with Crippen LogP contribution in [0.5, 0.6) is 0 Å². The lowest BCUT2D eigenvalue weighted by Gasteiger charge is -2.01. The molecule has 0 N–H and O–H groups in total. The van der Waals surface area contributed by atoms with E-state index in [0.29, 0.717) is 0 Å². The van der Waals surface area contributed by atoms with Crippen LogP contribution in [0.1, 0.15) is 0 Å². The van der Waals surface area contributed by atoms with Gasteiger partial charge >= 0.3 is 0 Å². The van der Waals surface area contributed by atoms with Gasteiger partial charge in [-0.25, -0.2) is 0 Å². The van der Waals surface area contributed by atoms with Crippen molar-refractivity contribution < 1.29 is 0 Å². The van der Waals surface area contributed by atoms with Crippen LogP contribution in [0.15, 0.2) is 48.5 Å². The molecule has 0 amide bonds. The van der Waals surface area contributed by atoms with Crippen LogP contribution in [0.4, 0.5) is 0 Å². The molecular formula is C14H8. The standard InChI is InChI=1S/C14H8/c1-3-7-13-11(5-1)9-10-12-6-2-4-8-14(12)13/h1-3,5-7,9-10H. The Bertz CT molecular complexity index is 539. The summed E-state index contributed by atoms with van der Waals surface area (Å²) in [6, 6.07) is 22.8. The van der Waals surface area contributed by atoms with E-state index >= 15 is 0 Å². The molecule has 0 saturated heterocycles. The molecule has 0 aliphatic carbocycles. The van der Waals surface area contributed by atoms with E-state index in [0.717, 1.165) is 5.39 Å². The molecule has 0 saturated carbocycles. The fraction of sp³-hybridized carbons (Fsp3) is 0. The Balaban J connectivity index is 2.61. The highest BCUT2D eigenvalue weighted by atomic mass is 14.0. The SMILES string of the molecule is [c]1[c]c2c(cc1)ccc1ccccc12. The lowest BCUT2D eigenvalue weighted by atomic mass is 10.0. The summed E-state index contributed by atoms with van der Waals surface area (Å²) in [5.74, 6) is 0. The molecule has 3 rings (SSSR count). The monoisotopic (exact) mass is 176 g/mol. The molecule has 0 aliphatic heterocycles. The van der Waals surface area contributed by atoms with E-state index in [4.69, 9.17) is 0 Å². The van der Waals surface area contributed by atoms with Gasteiger partial charge in [-0.15, -0.1) is 0 Å². The van der Waals surface area contributed by atoms with E-state index in [9.17, 15) is 0 Å². The Hall–Kier alpha value is -1.82. The summed E-state index contributed by atoms with van der Waals surface area (Å²) in [5.41, 5.74) is 0. The van der Waals surface area contributed by atoms with Crippen LogP contribution < -0.4 is 0 Å². The smallest absolute Gasteiger partial charge is 0.000763 e. The van der Waals surface area contributed by atoms with Crippen molar-refractivity contribution in [2.45, 2.75) is 0 Å². The van der Waals surface area contributed by atoms with E-state index in [1.807, 2.05) is 6.07 Å². The second-order valence-corrected chi connectivity index (χ2v) is 3.35. The summed E-state index contributed by atoms with van der Waals surface area (Å²) in [4.78, 5) is 0. The molecule has 0 nitrogen and oxygen atoms in total. The van der Waals surface area contributed by atoms with Crippen LogP contribution >= 0.6 is 0 Å². The van der Waals surface area contributed by atoms with E-state index in [-0.39, 0.29) is 0 Å². The predicted molar refractivity (Wildman–Crippen MR) is 59.1 cm³/mol. The van der Waals surface area contributed by atoms with E-state index in [1.165, 1.54) is 16.2 Å². The van der Waals surface area contributed by atoms with Crippen molar-refractivity contribution in [3.8, 4) is 0 Å². The van der Waals surface area contributed by atoms with Gasteiger partial charge in [0.15, 0.2) is 0 Å². The molecule has 0 aliphatic rings. The van der Waals surface area contributed by atoms with Crippen LogP contribution in [0.2, 0.25) is 0 Å². The van der Waals surface area contributed by atoms with Crippen LogP contribution in [-0.4, -0.2) is 0 Å². The van der Waals surface area contributed by atoms with Crippen molar-refractivity contribution in [1.29, 1.82) is 0 Å². The van der Waals surface area contributed by atoms with E-state index in [1.54, 1.807) is 0 Å².